The van der Waals surface area contributed by atoms with Crippen molar-refractivity contribution < 1.29 is 18.1 Å². The van der Waals surface area contributed by atoms with E-state index >= 15 is 0 Å². The van der Waals surface area contributed by atoms with E-state index in [-0.39, 0.29) is 12.4 Å². The number of fused-ring (bicyclic) bond motifs is 1. The second-order valence-electron chi connectivity index (χ2n) is 5.66. The molecule has 0 atom stereocenters. The molecule has 3 heterocycles. The number of halogens is 2. The normalized spacial score (nSPS) is 11.1. The Morgan fingerprint density at radius 3 is 2.67 bits per heavy atom. The van der Waals surface area contributed by atoms with Crippen LogP contribution in [-0.2, 0) is 6.54 Å². The van der Waals surface area contributed by atoms with Gasteiger partial charge in [-0.15, -0.1) is 10.2 Å². The molecule has 4 aromatic rings. The molecular formula is C17H12F2N6O2. The number of aryl methyl sites for hydroxylation is 1. The van der Waals surface area contributed by atoms with Crippen LogP contribution < -0.4 is 5.32 Å². The molecule has 0 bridgehead atoms. The van der Waals surface area contributed by atoms with Crippen LogP contribution in [0.3, 0.4) is 0 Å². The average molecular weight is 370 g/mol. The number of hydrogen-bond acceptors (Lipinski definition) is 6. The van der Waals surface area contributed by atoms with Crippen LogP contribution in [0.2, 0.25) is 0 Å². The Bertz CT molecular complexity index is 1130. The summed E-state index contributed by atoms with van der Waals surface area (Å²) in [6.07, 6.45) is 1.69. The van der Waals surface area contributed by atoms with E-state index in [0.717, 1.165) is 12.1 Å². The summed E-state index contributed by atoms with van der Waals surface area (Å²) in [6.45, 7) is 1.61. The van der Waals surface area contributed by atoms with E-state index < -0.39 is 23.1 Å². The fourth-order valence-corrected chi connectivity index (χ4v) is 2.62. The minimum Gasteiger partial charge on any atom is -0.345 e. The van der Waals surface area contributed by atoms with Crippen molar-refractivity contribution >= 4 is 11.6 Å². The lowest BCUT2D eigenvalue weighted by molar-refractivity contribution is 0.0941. The average Bonchev–Trinajstić information content (AvgIpc) is 3.26. The molecule has 27 heavy (non-hydrogen) atoms. The first-order valence-corrected chi connectivity index (χ1v) is 7.90. The largest absolute Gasteiger partial charge is 0.345 e. The highest BCUT2D eigenvalue weighted by Crippen LogP contribution is 2.22. The van der Waals surface area contributed by atoms with Gasteiger partial charge in [-0.05, 0) is 31.2 Å². The number of nitrogens with zero attached hydrogens (tertiary/aromatic N) is 5. The van der Waals surface area contributed by atoms with Crippen molar-refractivity contribution in [1.29, 1.82) is 0 Å². The zero-order valence-corrected chi connectivity index (χ0v) is 14.0. The van der Waals surface area contributed by atoms with Crippen molar-refractivity contribution in [2.75, 3.05) is 0 Å². The molecule has 136 valence electrons. The predicted octanol–water partition coefficient (Wildman–Crippen LogP) is 2.30. The van der Waals surface area contributed by atoms with E-state index in [9.17, 15) is 13.6 Å². The summed E-state index contributed by atoms with van der Waals surface area (Å²) in [6, 6.07) is 6.70. The second-order valence-corrected chi connectivity index (χ2v) is 5.66. The molecule has 0 fully saturated rings. The van der Waals surface area contributed by atoms with E-state index in [1.165, 1.54) is 6.07 Å². The zero-order chi connectivity index (χ0) is 19.0. The quantitative estimate of drug-likeness (QED) is 0.592. The van der Waals surface area contributed by atoms with Gasteiger partial charge in [-0.3, -0.25) is 9.20 Å². The van der Waals surface area contributed by atoms with Gasteiger partial charge in [0, 0.05) is 6.20 Å². The Kier molecular flexibility index (Phi) is 4.07. The lowest BCUT2D eigenvalue weighted by Gasteiger charge is -2.06. The van der Waals surface area contributed by atoms with Crippen LogP contribution in [-0.4, -0.2) is 30.6 Å². The Hall–Kier alpha value is -3.69. The van der Waals surface area contributed by atoms with E-state index in [2.05, 4.69) is 25.7 Å². The SMILES string of the molecule is Cc1noc(-c2cccn3c(CNC(=O)c4c(F)cccc4F)nnc23)n1. The Balaban J connectivity index is 1.61. The van der Waals surface area contributed by atoms with Crippen molar-refractivity contribution in [2.24, 2.45) is 0 Å². The van der Waals surface area contributed by atoms with Gasteiger partial charge < -0.3 is 9.84 Å². The Morgan fingerprint density at radius 1 is 1.19 bits per heavy atom. The van der Waals surface area contributed by atoms with Crippen LogP contribution >= 0.6 is 0 Å². The van der Waals surface area contributed by atoms with Crippen LogP contribution in [0.4, 0.5) is 8.78 Å². The summed E-state index contributed by atoms with van der Waals surface area (Å²) in [4.78, 5) is 16.3. The monoisotopic (exact) mass is 370 g/mol. The maximum absolute atomic E-state index is 13.7. The molecule has 1 N–H and O–H groups in total. The first-order chi connectivity index (χ1) is 13.0. The molecule has 0 spiro atoms. The van der Waals surface area contributed by atoms with Gasteiger partial charge in [0.15, 0.2) is 17.3 Å². The van der Waals surface area contributed by atoms with Gasteiger partial charge in [0.25, 0.3) is 11.8 Å². The Morgan fingerprint density at radius 2 is 1.96 bits per heavy atom. The molecule has 3 aromatic heterocycles. The van der Waals surface area contributed by atoms with Crippen LogP contribution in [0, 0.1) is 18.6 Å². The molecular weight excluding hydrogens is 358 g/mol. The molecule has 1 aromatic carbocycles. The minimum absolute atomic E-state index is 0.0832. The molecule has 0 saturated heterocycles. The van der Waals surface area contributed by atoms with Crippen LogP contribution in [0.5, 0.6) is 0 Å². The fraction of sp³-hybridized carbons (Fsp3) is 0.118. The molecule has 0 saturated carbocycles. The van der Waals surface area contributed by atoms with Gasteiger partial charge in [0.2, 0.25) is 0 Å². The summed E-state index contributed by atoms with van der Waals surface area (Å²) >= 11 is 0. The molecule has 1 amide bonds. The molecule has 0 radical (unpaired) electrons. The first-order valence-electron chi connectivity index (χ1n) is 7.90. The lowest BCUT2D eigenvalue weighted by Crippen LogP contribution is -2.26. The number of rotatable bonds is 4. The van der Waals surface area contributed by atoms with Crippen LogP contribution in [0.15, 0.2) is 41.1 Å². The number of aromatic nitrogens is 5. The number of amides is 1. The van der Waals surface area contributed by atoms with Gasteiger partial charge in [0.1, 0.15) is 17.2 Å². The number of hydrogen-bond donors (Lipinski definition) is 1. The number of benzene rings is 1. The van der Waals surface area contributed by atoms with Crippen molar-refractivity contribution in [3.8, 4) is 11.5 Å². The molecule has 8 nitrogen and oxygen atoms in total. The third kappa shape index (κ3) is 3.01. The van der Waals surface area contributed by atoms with E-state index in [1.54, 1.807) is 29.7 Å². The van der Waals surface area contributed by atoms with Crippen molar-refractivity contribution in [2.45, 2.75) is 13.5 Å². The number of nitrogens with one attached hydrogen (secondary N) is 1. The summed E-state index contributed by atoms with van der Waals surface area (Å²) in [5.41, 5.74) is 0.374. The molecule has 0 aliphatic carbocycles. The summed E-state index contributed by atoms with van der Waals surface area (Å²) < 4.78 is 34.2. The third-order valence-corrected chi connectivity index (χ3v) is 3.86. The third-order valence-electron chi connectivity index (χ3n) is 3.86. The van der Waals surface area contributed by atoms with Gasteiger partial charge >= 0.3 is 0 Å². The number of carbonyl (C=O) groups excluding carboxylic acids is 1. The van der Waals surface area contributed by atoms with E-state index in [1.807, 2.05) is 0 Å². The van der Waals surface area contributed by atoms with Crippen molar-refractivity contribution in [1.82, 2.24) is 30.1 Å². The molecule has 4 rings (SSSR count). The lowest BCUT2D eigenvalue weighted by atomic mass is 10.2. The summed E-state index contributed by atoms with van der Waals surface area (Å²) in [7, 11) is 0. The number of pyridine rings is 1. The topological polar surface area (TPSA) is 98.2 Å². The first kappa shape index (κ1) is 16.8. The van der Waals surface area contributed by atoms with E-state index in [4.69, 9.17) is 4.52 Å². The molecule has 0 aliphatic rings. The van der Waals surface area contributed by atoms with Crippen molar-refractivity contribution in [3.63, 3.8) is 0 Å². The molecule has 0 aliphatic heterocycles. The second kappa shape index (κ2) is 6.56. The summed E-state index contributed by atoms with van der Waals surface area (Å²) in [5, 5.41) is 14.3. The van der Waals surface area contributed by atoms with Gasteiger partial charge in [-0.1, -0.05) is 11.2 Å². The fourth-order valence-electron chi connectivity index (χ4n) is 2.62. The Labute approximate surface area is 150 Å². The van der Waals surface area contributed by atoms with Gasteiger partial charge in [-0.2, -0.15) is 4.98 Å². The summed E-state index contributed by atoms with van der Waals surface area (Å²) in [5.74, 6) is -1.63. The van der Waals surface area contributed by atoms with Crippen molar-refractivity contribution in [3.05, 3.63) is 65.4 Å². The highest BCUT2D eigenvalue weighted by atomic mass is 19.1. The van der Waals surface area contributed by atoms with E-state index in [0.29, 0.717) is 22.9 Å². The highest BCUT2D eigenvalue weighted by Gasteiger charge is 2.19. The molecule has 10 heteroatoms. The maximum Gasteiger partial charge on any atom is 0.261 e. The van der Waals surface area contributed by atoms with Gasteiger partial charge in [0.05, 0.1) is 12.1 Å². The van der Waals surface area contributed by atoms with Gasteiger partial charge in [-0.25, -0.2) is 8.78 Å². The van der Waals surface area contributed by atoms with Crippen LogP contribution in [0.1, 0.15) is 22.0 Å². The predicted molar refractivity (Wildman–Crippen MR) is 88.5 cm³/mol. The van der Waals surface area contributed by atoms with Crippen LogP contribution in [0.25, 0.3) is 17.1 Å². The standard InChI is InChI=1S/C17H12F2N6O2/c1-9-21-17(27-24-9)10-4-3-7-25-13(22-23-15(10)25)8-20-16(26)14-11(18)5-2-6-12(14)19/h2-7H,8H2,1H3,(H,20,26). The highest BCUT2D eigenvalue weighted by molar-refractivity contribution is 5.94. The zero-order valence-electron chi connectivity index (χ0n) is 14.0. The molecule has 0 unspecified atom stereocenters. The minimum atomic E-state index is -0.937. The smallest absolute Gasteiger partial charge is 0.261 e. The maximum atomic E-state index is 13.7. The number of carbonyl (C=O) groups is 1.